The van der Waals surface area contributed by atoms with Crippen LogP contribution in [-0.4, -0.2) is 41.7 Å². The predicted octanol–water partition coefficient (Wildman–Crippen LogP) is 7.32. The maximum Gasteiger partial charge on any atom is 0.243 e. The van der Waals surface area contributed by atoms with Crippen LogP contribution in [0.25, 0.3) is 0 Å². The van der Waals surface area contributed by atoms with Crippen LogP contribution in [0.4, 0.5) is 0 Å². The van der Waals surface area contributed by atoms with Crippen molar-refractivity contribution >= 4 is 46.8 Å². The lowest BCUT2D eigenvalue weighted by Gasteiger charge is -2.34. The Morgan fingerprint density at radius 2 is 1.60 bits per heavy atom. The molecule has 1 atom stereocenters. The number of carbonyl (C=O) groups is 2. The number of thioether (sulfide) groups is 1. The van der Waals surface area contributed by atoms with Gasteiger partial charge in [0.25, 0.3) is 0 Å². The first kappa shape index (κ1) is 30.3. The zero-order chi connectivity index (χ0) is 28.3. The largest absolute Gasteiger partial charge is 0.497 e. The number of benzene rings is 3. The van der Waals surface area contributed by atoms with Gasteiger partial charge >= 0.3 is 0 Å². The Morgan fingerprint density at radius 1 is 0.925 bits per heavy atom. The van der Waals surface area contributed by atoms with Crippen molar-refractivity contribution in [2.75, 3.05) is 12.9 Å². The molecule has 0 bridgehead atoms. The number of nitrogens with zero attached hydrogens (tertiary/aromatic N) is 1. The Hall–Kier alpha value is -2.67. The number of carbonyl (C=O) groups excluding carboxylic acids is 2. The third-order valence-corrected chi connectivity index (χ3v) is 8.96. The molecule has 5 nitrogen and oxygen atoms in total. The summed E-state index contributed by atoms with van der Waals surface area (Å²) in [5.74, 6) is 1.41. The van der Waals surface area contributed by atoms with Gasteiger partial charge in [-0.15, -0.1) is 11.8 Å². The van der Waals surface area contributed by atoms with Crippen molar-refractivity contribution in [2.45, 2.75) is 62.9 Å². The highest BCUT2D eigenvalue weighted by Gasteiger charge is 2.32. The zero-order valence-corrected chi connectivity index (χ0v) is 25.1. The molecule has 0 aliphatic heterocycles. The summed E-state index contributed by atoms with van der Waals surface area (Å²) in [6.07, 6.45) is 5.73. The average Bonchev–Trinajstić information content (AvgIpc) is 2.97. The molecule has 2 amide bonds. The molecule has 0 unspecified atom stereocenters. The first-order valence-corrected chi connectivity index (χ1v) is 15.6. The summed E-state index contributed by atoms with van der Waals surface area (Å²) in [6.45, 7) is 0.149. The number of hydrogen-bond acceptors (Lipinski definition) is 4. The number of hydrogen-bond donors (Lipinski definition) is 1. The Bertz CT molecular complexity index is 1230. The molecule has 212 valence electrons. The monoisotopic (exact) mass is 598 g/mol. The summed E-state index contributed by atoms with van der Waals surface area (Å²) >= 11 is 14.6. The molecule has 40 heavy (non-hydrogen) atoms. The zero-order valence-electron chi connectivity index (χ0n) is 22.8. The van der Waals surface area contributed by atoms with Crippen LogP contribution in [0.5, 0.6) is 5.75 Å². The molecule has 0 spiro atoms. The minimum absolute atomic E-state index is 0.129. The summed E-state index contributed by atoms with van der Waals surface area (Å²) in [5.41, 5.74) is 2.72. The number of amides is 2. The van der Waals surface area contributed by atoms with Gasteiger partial charge in [-0.05, 0) is 48.2 Å². The van der Waals surface area contributed by atoms with E-state index in [0.717, 1.165) is 42.6 Å². The fourth-order valence-electron chi connectivity index (χ4n) is 5.01. The van der Waals surface area contributed by atoms with Gasteiger partial charge in [0.2, 0.25) is 11.8 Å². The molecule has 1 aliphatic carbocycles. The van der Waals surface area contributed by atoms with Gasteiger partial charge in [0, 0.05) is 40.4 Å². The minimum Gasteiger partial charge on any atom is -0.497 e. The number of rotatable bonds is 12. The van der Waals surface area contributed by atoms with E-state index in [4.69, 9.17) is 27.9 Å². The smallest absolute Gasteiger partial charge is 0.243 e. The molecule has 1 N–H and O–H groups in total. The van der Waals surface area contributed by atoms with Crippen LogP contribution in [0.3, 0.4) is 0 Å². The molecule has 8 heteroatoms. The molecule has 3 aromatic carbocycles. The predicted molar refractivity (Wildman–Crippen MR) is 165 cm³/mol. The second kappa shape index (κ2) is 15.4. The molecule has 0 aromatic heterocycles. The van der Waals surface area contributed by atoms with E-state index in [0.29, 0.717) is 27.8 Å². The molecule has 1 aliphatic rings. The highest BCUT2D eigenvalue weighted by Crippen LogP contribution is 2.28. The van der Waals surface area contributed by atoms with Crippen LogP contribution < -0.4 is 10.1 Å². The molecular formula is C32H36Cl2N2O3S. The van der Waals surface area contributed by atoms with Gasteiger partial charge in [-0.25, -0.2) is 0 Å². The third-order valence-electron chi connectivity index (χ3n) is 7.27. The van der Waals surface area contributed by atoms with Crippen molar-refractivity contribution in [2.24, 2.45) is 0 Å². The van der Waals surface area contributed by atoms with E-state index in [9.17, 15) is 9.59 Å². The maximum absolute atomic E-state index is 13.9. The Labute approximate surface area is 251 Å². The fourth-order valence-corrected chi connectivity index (χ4v) is 6.40. The lowest BCUT2D eigenvalue weighted by atomic mass is 9.94. The van der Waals surface area contributed by atoms with E-state index < -0.39 is 6.04 Å². The normalized spacial score (nSPS) is 14.4. The van der Waals surface area contributed by atoms with Crippen molar-refractivity contribution in [3.63, 3.8) is 0 Å². The molecule has 3 aromatic rings. The van der Waals surface area contributed by atoms with E-state index in [-0.39, 0.29) is 30.2 Å². The van der Waals surface area contributed by atoms with Crippen LogP contribution in [0.1, 0.15) is 48.8 Å². The molecule has 1 fully saturated rings. The molecule has 0 radical (unpaired) electrons. The summed E-state index contributed by atoms with van der Waals surface area (Å²) in [6, 6.07) is 22.4. The minimum atomic E-state index is -0.703. The topological polar surface area (TPSA) is 58.6 Å². The fraction of sp³-hybridized carbons (Fsp3) is 0.375. The lowest BCUT2D eigenvalue weighted by Crippen LogP contribution is -2.53. The van der Waals surface area contributed by atoms with E-state index in [1.807, 2.05) is 54.6 Å². The number of halogens is 2. The average molecular weight is 600 g/mol. The van der Waals surface area contributed by atoms with Crippen LogP contribution in [-0.2, 0) is 28.3 Å². The second-order valence-electron chi connectivity index (χ2n) is 10.1. The number of ether oxygens (including phenoxy) is 1. The highest BCUT2D eigenvalue weighted by molar-refractivity contribution is 7.99. The molecule has 0 saturated heterocycles. The third kappa shape index (κ3) is 8.66. The first-order valence-electron chi connectivity index (χ1n) is 13.7. The van der Waals surface area contributed by atoms with E-state index in [1.165, 1.54) is 18.2 Å². The van der Waals surface area contributed by atoms with Gasteiger partial charge in [0.05, 0.1) is 12.9 Å². The van der Waals surface area contributed by atoms with Gasteiger partial charge in [-0.2, -0.15) is 0 Å². The molecular weight excluding hydrogens is 563 g/mol. The molecule has 0 heterocycles. The Kier molecular flexibility index (Phi) is 11.6. The summed E-state index contributed by atoms with van der Waals surface area (Å²) in [4.78, 5) is 29.5. The summed E-state index contributed by atoms with van der Waals surface area (Å²) in [5, 5.41) is 4.21. The second-order valence-corrected chi connectivity index (χ2v) is 11.9. The van der Waals surface area contributed by atoms with Crippen LogP contribution in [0.15, 0.2) is 72.8 Å². The Balaban J connectivity index is 1.58. The lowest BCUT2D eigenvalue weighted by molar-refractivity contribution is -0.139. The van der Waals surface area contributed by atoms with Crippen molar-refractivity contribution < 1.29 is 14.3 Å². The molecule has 1 saturated carbocycles. The quantitative estimate of drug-likeness (QED) is 0.237. The van der Waals surface area contributed by atoms with E-state index in [1.54, 1.807) is 30.2 Å². The van der Waals surface area contributed by atoms with Crippen LogP contribution >= 0.6 is 35.0 Å². The first-order chi connectivity index (χ1) is 19.4. The summed E-state index contributed by atoms with van der Waals surface area (Å²) < 4.78 is 5.24. The van der Waals surface area contributed by atoms with Gasteiger partial charge in [-0.1, -0.05) is 91.0 Å². The maximum atomic E-state index is 13.9. The van der Waals surface area contributed by atoms with Gasteiger partial charge < -0.3 is 15.0 Å². The van der Waals surface area contributed by atoms with Crippen molar-refractivity contribution in [3.8, 4) is 5.75 Å². The van der Waals surface area contributed by atoms with E-state index in [2.05, 4.69) is 5.32 Å². The molecule has 4 rings (SSSR count). The highest BCUT2D eigenvalue weighted by atomic mass is 35.5. The van der Waals surface area contributed by atoms with Crippen molar-refractivity contribution in [1.29, 1.82) is 0 Å². The van der Waals surface area contributed by atoms with Crippen molar-refractivity contribution in [3.05, 3.63) is 99.5 Å². The van der Waals surface area contributed by atoms with Crippen molar-refractivity contribution in [1.82, 2.24) is 10.2 Å². The number of methoxy groups -OCH3 is 1. The van der Waals surface area contributed by atoms with Crippen LogP contribution in [0.2, 0.25) is 10.0 Å². The van der Waals surface area contributed by atoms with E-state index >= 15 is 0 Å². The number of nitrogens with one attached hydrogen (secondary N) is 1. The van der Waals surface area contributed by atoms with Crippen LogP contribution in [0, 0.1) is 0 Å². The van der Waals surface area contributed by atoms with Gasteiger partial charge in [0.15, 0.2) is 0 Å². The summed E-state index contributed by atoms with van der Waals surface area (Å²) in [7, 11) is 1.64. The SMILES string of the molecule is COc1ccc(CSCC(=O)N(Cc2c(Cl)cccc2Cl)[C@@H](Cc2ccccc2)C(=O)NC2CCCCC2)cc1. The van der Waals surface area contributed by atoms with Gasteiger partial charge in [-0.3, -0.25) is 9.59 Å². The van der Waals surface area contributed by atoms with Gasteiger partial charge in [0.1, 0.15) is 11.8 Å². The Morgan fingerprint density at radius 3 is 2.25 bits per heavy atom. The standard InChI is InChI=1S/C32H36Cl2N2O3S/c1-39-26-17-15-24(16-18-26)21-40-22-31(37)36(20-27-28(33)13-8-14-29(27)34)30(19-23-9-4-2-5-10-23)32(38)35-25-11-6-3-7-12-25/h2,4-5,8-10,13-18,25,30H,3,6-7,11-12,19-22H2,1H3,(H,35,38)/t30-/m0/s1.